The fourth-order valence-corrected chi connectivity index (χ4v) is 3.13. The van der Waals surface area contributed by atoms with Gasteiger partial charge in [-0.25, -0.2) is 4.98 Å². The van der Waals surface area contributed by atoms with E-state index in [9.17, 15) is 4.79 Å². The summed E-state index contributed by atoms with van der Waals surface area (Å²) in [6, 6.07) is 7.48. The Kier molecular flexibility index (Phi) is 5.01. The molecule has 1 amide bonds. The van der Waals surface area contributed by atoms with Crippen molar-refractivity contribution in [1.29, 1.82) is 0 Å². The average molecular weight is 333 g/mol. The number of nitrogens with zero attached hydrogens (tertiary/aromatic N) is 1. The molecule has 1 heterocycles. The van der Waals surface area contributed by atoms with E-state index < -0.39 is 0 Å². The molecule has 1 fully saturated rings. The second-order valence-electron chi connectivity index (χ2n) is 6.09. The number of oxazole rings is 1. The summed E-state index contributed by atoms with van der Waals surface area (Å²) in [4.78, 5) is 16.9. The fourth-order valence-electron chi connectivity index (χ4n) is 3.00. The van der Waals surface area contributed by atoms with Gasteiger partial charge in [0.05, 0.1) is 0 Å². The Morgan fingerprint density at radius 1 is 1.17 bits per heavy atom. The zero-order valence-electron chi connectivity index (χ0n) is 13.3. The molecular formula is C18H21ClN2O2. The van der Waals surface area contributed by atoms with E-state index in [4.69, 9.17) is 16.0 Å². The van der Waals surface area contributed by atoms with Gasteiger partial charge in [-0.3, -0.25) is 4.79 Å². The summed E-state index contributed by atoms with van der Waals surface area (Å²) in [7, 11) is 0. The molecule has 5 heteroatoms. The minimum Gasteiger partial charge on any atom is -0.441 e. The fraction of sp³-hybridized carbons (Fsp3) is 0.444. The van der Waals surface area contributed by atoms with Crippen LogP contribution in [0.15, 0.2) is 28.7 Å². The van der Waals surface area contributed by atoms with Gasteiger partial charge >= 0.3 is 0 Å². The lowest BCUT2D eigenvalue weighted by Gasteiger charge is -2.15. The molecule has 4 nitrogen and oxygen atoms in total. The summed E-state index contributed by atoms with van der Waals surface area (Å²) in [5.41, 5.74) is 1.19. The van der Waals surface area contributed by atoms with Crippen LogP contribution in [0.2, 0.25) is 5.02 Å². The van der Waals surface area contributed by atoms with E-state index in [-0.39, 0.29) is 11.9 Å². The van der Waals surface area contributed by atoms with Gasteiger partial charge in [-0.05, 0) is 44.0 Å². The Morgan fingerprint density at radius 3 is 2.48 bits per heavy atom. The van der Waals surface area contributed by atoms with Crippen molar-refractivity contribution in [2.24, 2.45) is 0 Å². The second kappa shape index (κ2) is 7.18. The van der Waals surface area contributed by atoms with Crippen LogP contribution in [0, 0.1) is 6.92 Å². The maximum Gasteiger partial charge on any atom is 0.273 e. The van der Waals surface area contributed by atoms with E-state index in [0.29, 0.717) is 22.4 Å². The molecule has 0 saturated heterocycles. The highest BCUT2D eigenvalue weighted by Gasteiger charge is 2.21. The van der Waals surface area contributed by atoms with Crippen molar-refractivity contribution < 1.29 is 9.21 Å². The third-order valence-electron chi connectivity index (χ3n) is 4.29. The molecule has 0 bridgehead atoms. The molecule has 0 spiro atoms. The number of carbonyl (C=O) groups excluding carboxylic acids is 1. The van der Waals surface area contributed by atoms with Gasteiger partial charge in [0.25, 0.3) is 5.91 Å². The normalized spacial score (nSPS) is 16.1. The number of hydrogen-bond acceptors (Lipinski definition) is 3. The highest BCUT2D eigenvalue weighted by Crippen LogP contribution is 2.24. The highest BCUT2D eigenvalue weighted by atomic mass is 35.5. The van der Waals surface area contributed by atoms with Gasteiger partial charge in [0.1, 0.15) is 5.76 Å². The van der Waals surface area contributed by atoms with Gasteiger partial charge in [0.2, 0.25) is 5.89 Å². The molecule has 0 unspecified atom stereocenters. The first-order valence-electron chi connectivity index (χ1n) is 8.18. The van der Waals surface area contributed by atoms with E-state index in [1.807, 2.05) is 12.1 Å². The van der Waals surface area contributed by atoms with Crippen LogP contribution in [-0.2, 0) is 0 Å². The van der Waals surface area contributed by atoms with E-state index in [0.717, 1.165) is 18.4 Å². The number of halogens is 1. The molecule has 3 rings (SSSR count). The number of hydrogen-bond donors (Lipinski definition) is 1. The lowest BCUT2D eigenvalue weighted by atomic mass is 10.1. The number of benzene rings is 1. The quantitative estimate of drug-likeness (QED) is 0.825. The molecule has 0 aliphatic heterocycles. The summed E-state index contributed by atoms with van der Waals surface area (Å²) in [5, 5.41) is 3.76. The Bertz CT molecular complexity index is 671. The molecule has 1 saturated carbocycles. The first kappa shape index (κ1) is 16.1. The van der Waals surface area contributed by atoms with E-state index in [1.165, 1.54) is 25.7 Å². The van der Waals surface area contributed by atoms with Gasteiger partial charge in [0, 0.05) is 16.6 Å². The van der Waals surface area contributed by atoms with Crippen molar-refractivity contribution in [1.82, 2.24) is 10.3 Å². The van der Waals surface area contributed by atoms with Crippen LogP contribution in [-0.4, -0.2) is 16.9 Å². The van der Waals surface area contributed by atoms with Crippen LogP contribution in [0.25, 0.3) is 11.5 Å². The van der Waals surface area contributed by atoms with Crippen LogP contribution in [0.4, 0.5) is 0 Å². The summed E-state index contributed by atoms with van der Waals surface area (Å²) < 4.78 is 5.66. The Hall–Kier alpha value is -1.81. The SMILES string of the molecule is Cc1oc(-c2ccc(Cl)cc2)nc1C(=O)NC1CCCCCC1. The topological polar surface area (TPSA) is 55.1 Å². The van der Waals surface area contributed by atoms with E-state index in [1.54, 1.807) is 19.1 Å². The second-order valence-corrected chi connectivity index (χ2v) is 6.53. The van der Waals surface area contributed by atoms with Crippen LogP contribution in [0.3, 0.4) is 0 Å². The third-order valence-corrected chi connectivity index (χ3v) is 4.55. The van der Waals surface area contributed by atoms with Crippen molar-refractivity contribution in [3.05, 3.63) is 40.7 Å². The van der Waals surface area contributed by atoms with Crippen molar-refractivity contribution in [3.8, 4) is 11.5 Å². The monoisotopic (exact) mass is 332 g/mol. The third kappa shape index (κ3) is 3.94. The number of rotatable bonds is 3. The Labute approximate surface area is 141 Å². The number of amides is 1. The molecular weight excluding hydrogens is 312 g/mol. The highest BCUT2D eigenvalue weighted by molar-refractivity contribution is 6.30. The standard InChI is InChI=1S/C18H21ClN2O2/c1-12-16(17(22)20-15-6-4-2-3-5-7-15)21-18(23-12)13-8-10-14(19)11-9-13/h8-11,15H,2-7H2,1H3,(H,20,22). The first-order chi connectivity index (χ1) is 11.1. The predicted molar refractivity (Wildman–Crippen MR) is 90.6 cm³/mol. The largest absolute Gasteiger partial charge is 0.441 e. The van der Waals surface area contributed by atoms with Gasteiger partial charge in [-0.2, -0.15) is 0 Å². The van der Waals surface area contributed by atoms with Crippen LogP contribution >= 0.6 is 11.6 Å². The Balaban J connectivity index is 1.74. The number of nitrogens with one attached hydrogen (secondary N) is 1. The number of aromatic nitrogens is 1. The summed E-state index contributed by atoms with van der Waals surface area (Å²) >= 11 is 5.89. The molecule has 1 aliphatic rings. The molecule has 1 aromatic heterocycles. The lowest BCUT2D eigenvalue weighted by Crippen LogP contribution is -2.34. The molecule has 0 atom stereocenters. The molecule has 2 aromatic rings. The molecule has 1 N–H and O–H groups in total. The number of aryl methyl sites for hydroxylation is 1. The van der Waals surface area contributed by atoms with Crippen molar-refractivity contribution in [2.75, 3.05) is 0 Å². The number of carbonyl (C=O) groups is 1. The zero-order valence-corrected chi connectivity index (χ0v) is 14.0. The minimum atomic E-state index is -0.140. The van der Waals surface area contributed by atoms with Crippen LogP contribution in [0.1, 0.15) is 54.8 Å². The van der Waals surface area contributed by atoms with Gasteiger partial charge < -0.3 is 9.73 Å². The molecule has 0 radical (unpaired) electrons. The van der Waals surface area contributed by atoms with E-state index >= 15 is 0 Å². The zero-order chi connectivity index (χ0) is 16.2. The summed E-state index contributed by atoms with van der Waals surface area (Å²) in [5.74, 6) is 0.851. The van der Waals surface area contributed by atoms with Crippen LogP contribution < -0.4 is 5.32 Å². The lowest BCUT2D eigenvalue weighted by molar-refractivity contribution is 0.0927. The Morgan fingerprint density at radius 2 is 1.83 bits per heavy atom. The first-order valence-corrected chi connectivity index (χ1v) is 8.55. The van der Waals surface area contributed by atoms with Crippen molar-refractivity contribution >= 4 is 17.5 Å². The molecule has 122 valence electrons. The van der Waals surface area contributed by atoms with Crippen molar-refractivity contribution in [2.45, 2.75) is 51.5 Å². The predicted octanol–water partition coefficient (Wildman–Crippen LogP) is 4.76. The van der Waals surface area contributed by atoms with Crippen molar-refractivity contribution in [3.63, 3.8) is 0 Å². The maximum absolute atomic E-state index is 12.5. The minimum absolute atomic E-state index is 0.140. The van der Waals surface area contributed by atoms with E-state index in [2.05, 4.69) is 10.3 Å². The summed E-state index contributed by atoms with van der Waals surface area (Å²) in [6.45, 7) is 1.77. The van der Waals surface area contributed by atoms with Gasteiger partial charge in [-0.1, -0.05) is 37.3 Å². The molecule has 1 aliphatic carbocycles. The molecule has 23 heavy (non-hydrogen) atoms. The smallest absolute Gasteiger partial charge is 0.273 e. The molecule has 1 aromatic carbocycles. The summed E-state index contributed by atoms with van der Waals surface area (Å²) in [6.07, 6.45) is 6.98. The van der Waals surface area contributed by atoms with Crippen LogP contribution in [0.5, 0.6) is 0 Å². The van der Waals surface area contributed by atoms with Gasteiger partial charge in [0.15, 0.2) is 5.69 Å². The maximum atomic E-state index is 12.5. The van der Waals surface area contributed by atoms with Gasteiger partial charge in [-0.15, -0.1) is 0 Å². The average Bonchev–Trinajstić information content (AvgIpc) is 2.75.